The van der Waals surface area contributed by atoms with E-state index in [1.807, 2.05) is 0 Å². The monoisotopic (exact) mass is 217 g/mol. The number of halogens is 2. The molecule has 0 aliphatic rings. The van der Waals surface area contributed by atoms with Gasteiger partial charge in [0.2, 0.25) is 0 Å². The van der Waals surface area contributed by atoms with Crippen LogP contribution in [0.4, 0.5) is 4.39 Å². The first-order valence-corrected chi connectivity index (χ1v) is 4.73. The van der Waals surface area contributed by atoms with Crippen molar-refractivity contribution < 1.29 is 9.50 Å². The minimum Gasteiger partial charge on any atom is -0.505 e. The molecule has 4 heteroatoms. The highest BCUT2D eigenvalue weighted by Crippen LogP contribution is 2.31. The molecule has 0 fully saturated rings. The van der Waals surface area contributed by atoms with Crippen molar-refractivity contribution in [3.05, 3.63) is 28.0 Å². The zero-order valence-corrected chi connectivity index (χ0v) is 8.90. The maximum Gasteiger partial charge on any atom is 0.166 e. The van der Waals surface area contributed by atoms with Gasteiger partial charge in [-0.1, -0.05) is 11.6 Å². The Morgan fingerprint density at radius 3 is 2.71 bits per heavy atom. The summed E-state index contributed by atoms with van der Waals surface area (Å²) in [4.78, 5) is 0. The van der Waals surface area contributed by atoms with Gasteiger partial charge < -0.3 is 10.8 Å². The largest absolute Gasteiger partial charge is 0.505 e. The molecule has 1 unspecified atom stereocenters. The molecule has 1 atom stereocenters. The predicted octanol–water partition coefficient (Wildman–Crippen LogP) is 2.38. The van der Waals surface area contributed by atoms with E-state index in [1.54, 1.807) is 13.8 Å². The SMILES string of the molecule is Cc1c(Cl)cc(F)c(O)c1CC(C)N. The fourth-order valence-electron chi connectivity index (χ4n) is 1.33. The third-order valence-electron chi connectivity index (χ3n) is 2.10. The summed E-state index contributed by atoms with van der Waals surface area (Å²) < 4.78 is 13.1. The van der Waals surface area contributed by atoms with E-state index in [2.05, 4.69) is 0 Å². The lowest BCUT2D eigenvalue weighted by Gasteiger charge is -2.12. The minimum absolute atomic E-state index is 0.141. The molecule has 1 aromatic carbocycles. The van der Waals surface area contributed by atoms with Gasteiger partial charge in [-0.15, -0.1) is 0 Å². The second-order valence-corrected chi connectivity index (χ2v) is 3.88. The molecule has 0 aromatic heterocycles. The van der Waals surface area contributed by atoms with Gasteiger partial charge in [0.1, 0.15) is 0 Å². The molecular weight excluding hydrogens is 205 g/mol. The van der Waals surface area contributed by atoms with Gasteiger partial charge in [0.15, 0.2) is 11.6 Å². The molecule has 3 N–H and O–H groups in total. The van der Waals surface area contributed by atoms with E-state index in [-0.39, 0.29) is 11.8 Å². The lowest BCUT2D eigenvalue weighted by atomic mass is 10.0. The van der Waals surface area contributed by atoms with Gasteiger partial charge in [0, 0.05) is 16.6 Å². The normalized spacial score (nSPS) is 12.9. The Bertz CT molecular complexity index is 326. The average Bonchev–Trinajstić information content (AvgIpc) is 2.09. The molecule has 0 amide bonds. The van der Waals surface area contributed by atoms with Crippen LogP contribution in [0.2, 0.25) is 5.02 Å². The van der Waals surface area contributed by atoms with Crippen molar-refractivity contribution >= 4 is 11.6 Å². The van der Waals surface area contributed by atoms with Gasteiger partial charge in [0.25, 0.3) is 0 Å². The van der Waals surface area contributed by atoms with Crippen LogP contribution in [-0.2, 0) is 6.42 Å². The van der Waals surface area contributed by atoms with Gasteiger partial charge in [-0.3, -0.25) is 0 Å². The molecule has 1 rings (SSSR count). The van der Waals surface area contributed by atoms with Crippen molar-refractivity contribution in [3.8, 4) is 5.75 Å². The van der Waals surface area contributed by atoms with E-state index in [0.29, 0.717) is 22.6 Å². The van der Waals surface area contributed by atoms with Crippen LogP contribution in [0, 0.1) is 12.7 Å². The van der Waals surface area contributed by atoms with Gasteiger partial charge in [0.05, 0.1) is 0 Å². The van der Waals surface area contributed by atoms with E-state index in [0.717, 1.165) is 6.07 Å². The van der Waals surface area contributed by atoms with Crippen LogP contribution in [0.15, 0.2) is 6.07 Å². The zero-order chi connectivity index (χ0) is 10.9. The van der Waals surface area contributed by atoms with Crippen LogP contribution in [-0.4, -0.2) is 11.1 Å². The smallest absolute Gasteiger partial charge is 0.166 e. The highest BCUT2D eigenvalue weighted by molar-refractivity contribution is 6.31. The second-order valence-electron chi connectivity index (χ2n) is 3.47. The Labute approximate surface area is 87.5 Å². The molecule has 14 heavy (non-hydrogen) atoms. The van der Waals surface area contributed by atoms with Crippen molar-refractivity contribution in [2.45, 2.75) is 26.3 Å². The number of nitrogens with two attached hydrogens (primary N) is 1. The summed E-state index contributed by atoms with van der Waals surface area (Å²) in [5.41, 5.74) is 6.76. The summed E-state index contributed by atoms with van der Waals surface area (Å²) in [7, 11) is 0. The number of phenolic OH excluding ortho intramolecular Hbond substituents is 1. The van der Waals surface area contributed by atoms with Gasteiger partial charge in [-0.2, -0.15) is 0 Å². The molecule has 0 saturated carbocycles. The third kappa shape index (κ3) is 2.16. The number of rotatable bonds is 2. The molecule has 0 saturated heterocycles. The summed E-state index contributed by atoms with van der Waals surface area (Å²) in [6, 6.07) is 0.967. The topological polar surface area (TPSA) is 46.2 Å². The Morgan fingerprint density at radius 2 is 2.21 bits per heavy atom. The summed E-state index contributed by atoms with van der Waals surface area (Å²) in [6.45, 7) is 3.52. The van der Waals surface area contributed by atoms with Crippen LogP contribution in [0.5, 0.6) is 5.75 Å². The molecule has 0 heterocycles. The van der Waals surface area contributed by atoms with Crippen LogP contribution < -0.4 is 5.73 Å². The standard InChI is InChI=1S/C10H13ClFNO/c1-5(13)3-7-6(2)8(11)4-9(12)10(7)14/h4-5,14H,3,13H2,1-2H3. The van der Waals surface area contributed by atoms with Crippen molar-refractivity contribution in [2.75, 3.05) is 0 Å². The molecule has 0 bridgehead atoms. The van der Waals surface area contributed by atoms with E-state index in [1.165, 1.54) is 0 Å². The Hall–Kier alpha value is -0.800. The van der Waals surface area contributed by atoms with Gasteiger partial charge in [-0.05, 0) is 31.9 Å². The number of hydrogen-bond donors (Lipinski definition) is 2. The summed E-state index contributed by atoms with van der Waals surface area (Å²) in [5.74, 6) is -1.04. The lowest BCUT2D eigenvalue weighted by molar-refractivity contribution is 0.423. The lowest BCUT2D eigenvalue weighted by Crippen LogP contribution is -2.18. The minimum atomic E-state index is -0.698. The highest BCUT2D eigenvalue weighted by Gasteiger charge is 2.14. The molecule has 2 nitrogen and oxygen atoms in total. The van der Waals surface area contributed by atoms with E-state index in [9.17, 15) is 9.50 Å². The Morgan fingerprint density at radius 1 is 1.64 bits per heavy atom. The van der Waals surface area contributed by atoms with Gasteiger partial charge >= 0.3 is 0 Å². The van der Waals surface area contributed by atoms with Crippen molar-refractivity contribution in [2.24, 2.45) is 5.73 Å². The van der Waals surface area contributed by atoms with Crippen LogP contribution >= 0.6 is 11.6 Å². The number of aromatic hydroxyl groups is 1. The predicted molar refractivity (Wildman–Crippen MR) is 55.2 cm³/mol. The van der Waals surface area contributed by atoms with E-state index >= 15 is 0 Å². The molecule has 0 aliphatic carbocycles. The fourth-order valence-corrected chi connectivity index (χ4v) is 1.54. The zero-order valence-electron chi connectivity index (χ0n) is 8.14. The van der Waals surface area contributed by atoms with Crippen molar-refractivity contribution in [3.63, 3.8) is 0 Å². The Kier molecular flexibility index (Phi) is 3.34. The number of phenols is 1. The molecule has 1 aromatic rings. The molecule has 0 spiro atoms. The van der Waals surface area contributed by atoms with Crippen molar-refractivity contribution in [1.29, 1.82) is 0 Å². The van der Waals surface area contributed by atoms with Crippen LogP contribution in [0.25, 0.3) is 0 Å². The first kappa shape index (κ1) is 11.3. The summed E-state index contributed by atoms with van der Waals surface area (Å²) in [5, 5.41) is 9.78. The highest BCUT2D eigenvalue weighted by atomic mass is 35.5. The molecular formula is C10H13ClFNO. The van der Waals surface area contributed by atoms with Crippen molar-refractivity contribution in [1.82, 2.24) is 0 Å². The van der Waals surface area contributed by atoms with E-state index < -0.39 is 5.82 Å². The number of hydrogen-bond acceptors (Lipinski definition) is 2. The summed E-state index contributed by atoms with van der Waals surface area (Å²) >= 11 is 5.78. The maximum absolute atomic E-state index is 13.1. The number of benzene rings is 1. The third-order valence-corrected chi connectivity index (χ3v) is 2.50. The quantitative estimate of drug-likeness (QED) is 0.799. The first-order chi connectivity index (χ1) is 6.43. The first-order valence-electron chi connectivity index (χ1n) is 4.35. The summed E-state index contributed by atoms with van der Waals surface area (Å²) in [6.07, 6.45) is 0.412. The Balaban J connectivity index is 3.25. The molecule has 0 aliphatic heterocycles. The van der Waals surface area contributed by atoms with Gasteiger partial charge in [-0.25, -0.2) is 4.39 Å². The maximum atomic E-state index is 13.1. The fraction of sp³-hybridized carbons (Fsp3) is 0.400. The van der Waals surface area contributed by atoms with Crippen LogP contribution in [0.1, 0.15) is 18.1 Å². The second kappa shape index (κ2) is 4.15. The molecule has 78 valence electrons. The molecule has 0 radical (unpaired) electrons. The van der Waals surface area contributed by atoms with E-state index in [4.69, 9.17) is 17.3 Å². The average molecular weight is 218 g/mol. The van der Waals surface area contributed by atoms with Crippen LogP contribution in [0.3, 0.4) is 0 Å².